The molecule has 3 nitrogen and oxygen atoms in total. The molecule has 0 aliphatic carbocycles. The molecule has 1 aromatic carbocycles. The molecule has 0 heterocycles. The van der Waals surface area contributed by atoms with E-state index in [0.29, 0.717) is 11.6 Å². The number of benzene rings is 1. The van der Waals surface area contributed by atoms with Gasteiger partial charge in [-0.1, -0.05) is 29.4 Å². The van der Waals surface area contributed by atoms with Crippen LogP contribution in [0.25, 0.3) is 0 Å². The van der Waals surface area contributed by atoms with E-state index in [9.17, 15) is 0 Å². The SMILES string of the molecule is N=C(N)SCCCOc1cccc(Cl)c1. The number of rotatable bonds is 5. The van der Waals surface area contributed by atoms with Crippen LogP contribution in [0, 0.1) is 5.41 Å². The van der Waals surface area contributed by atoms with E-state index in [1.54, 1.807) is 12.1 Å². The summed E-state index contributed by atoms with van der Waals surface area (Å²) in [5.74, 6) is 1.57. The van der Waals surface area contributed by atoms with Gasteiger partial charge in [0.2, 0.25) is 0 Å². The zero-order chi connectivity index (χ0) is 11.1. The van der Waals surface area contributed by atoms with Crippen molar-refractivity contribution >= 4 is 28.5 Å². The first-order valence-electron chi connectivity index (χ1n) is 4.53. The lowest BCUT2D eigenvalue weighted by Gasteiger charge is -2.05. The van der Waals surface area contributed by atoms with Crippen molar-refractivity contribution in [1.82, 2.24) is 0 Å². The van der Waals surface area contributed by atoms with E-state index in [1.165, 1.54) is 11.8 Å². The maximum atomic E-state index is 7.00. The molecule has 0 atom stereocenters. The van der Waals surface area contributed by atoms with Crippen LogP contribution in [0.2, 0.25) is 5.02 Å². The van der Waals surface area contributed by atoms with Crippen molar-refractivity contribution in [3.05, 3.63) is 29.3 Å². The summed E-state index contributed by atoms with van der Waals surface area (Å²) in [5.41, 5.74) is 5.19. The molecule has 0 aliphatic heterocycles. The van der Waals surface area contributed by atoms with Gasteiger partial charge in [-0.05, 0) is 24.6 Å². The summed E-state index contributed by atoms with van der Waals surface area (Å²) in [4.78, 5) is 0. The highest BCUT2D eigenvalue weighted by molar-refractivity contribution is 8.13. The Labute approximate surface area is 98.5 Å². The number of hydrogen-bond donors (Lipinski definition) is 2. The predicted octanol–water partition coefficient (Wildman–Crippen LogP) is 2.74. The lowest BCUT2D eigenvalue weighted by atomic mass is 10.3. The summed E-state index contributed by atoms with van der Waals surface area (Å²) < 4.78 is 5.46. The molecule has 1 rings (SSSR count). The van der Waals surface area contributed by atoms with Gasteiger partial charge in [0.05, 0.1) is 6.61 Å². The van der Waals surface area contributed by atoms with Gasteiger partial charge in [0.25, 0.3) is 0 Å². The Hall–Kier alpha value is -0.870. The normalized spacial score (nSPS) is 9.93. The van der Waals surface area contributed by atoms with Crippen LogP contribution < -0.4 is 10.5 Å². The molecule has 0 aliphatic rings. The highest BCUT2D eigenvalue weighted by Gasteiger charge is 1.95. The smallest absolute Gasteiger partial charge is 0.151 e. The van der Waals surface area contributed by atoms with Crippen LogP contribution in [0.5, 0.6) is 5.75 Å². The Balaban J connectivity index is 2.17. The van der Waals surface area contributed by atoms with E-state index in [-0.39, 0.29) is 5.17 Å². The summed E-state index contributed by atoms with van der Waals surface area (Å²) >= 11 is 7.12. The third-order valence-corrected chi connectivity index (χ3v) is 2.65. The zero-order valence-electron chi connectivity index (χ0n) is 8.20. The number of nitrogens with one attached hydrogen (secondary N) is 1. The first kappa shape index (κ1) is 12.2. The number of ether oxygens (including phenoxy) is 1. The van der Waals surface area contributed by atoms with Crippen molar-refractivity contribution < 1.29 is 4.74 Å². The Kier molecular flexibility index (Phi) is 5.36. The third kappa shape index (κ3) is 5.54. The molecule has 1 aromatic rings. The van der Waals surface area contributed by atoms with Crippen molar-refractivity contribution in [2.75, 3.05) is 12.4 Å². The fraction of sp³-hybridized carbons (Fsp3) is 0.300. The lowest BCUT2D eigenvalue weighted by Crippen LogP contribution is -2.06. The standard InChI is InChI=1S/C10H13ClN2OS/c11-8-3-1-4-9(7-8)14-5-2-6-15-10(12)13/h1,3-4,7H,2,5-6H2,(H3,12,13). The minimum atomic E-state index is 0.151. The van der Waals surface area contributed by atoms with E-state index in [0.717, 1.165) is 17.9 Å². The van der Waals surface area contributed by atoms with Crippen LogP contribution in [-0.2, 0) is 0 Å². The molecule has 0 bridgehead atoms. The van der Waals surface area contributed by atoms with E-state index in [4.69, 9.17) is 27.5 Å². The molecule has 0 saturated carbocycles. The van der Waals surface area contributed by atoms with Gasteiger partial charge in [-0.25, -0.2) is 0 Å². The maximum absolute atomic E-state index is 7.00. The lowest BCUT2D eigenvalue weighted by molar-refractivity contribution is 0.319. The molecule has 0 fully saturated rings. The predicted molar refractivity (Wildman–Crippen MR) is 65.9 cm³/mol. The number of thioether (sulfide) groups is 1. The number of hydrogen-bond acceptors (Lipinski definition) is 3. The minimum absolute atomic E-state index is 0.151. The molecule has 0 saturated heterocycles. The van der Waals surface area contributed by atoms with Gasteiger partial charge >= 0.3 is 0 Å². The zero-order valence-corrected chi connectivity index (χ0v) is 9.77. The summed E-state index contributed by atoms with van der Waals surface area (Å²) in [6, 6.07) is 7.30. The van der Waals surface area contributed by atoms with Crippen LogP contribution in [0.15, 0.2) is 24.3 Å². The molecule has 0 radical (unpaired) electrons. The second-order valence-electron chi connectivity index (χ2n) is 2.87. The average molecular weight is 245 g/mol. The monoisotopic (exact) mass is 244 g/mol. The van der Waals surface area contributed by atoms with Crippen LogP contribution in [0.3, 0.4) is 0 Å². The first-order chi connectivity index (χ1) is 7.18. The molecule has 82 valence electrons. The first-order valence-corrected chi connectivity index (χ1v) is 5.90. The minimum Gasteiger partial charge on any atom is -0.494 e. The Morgan fingerprint density at radius 1 is 1.53 bits per heavy atom. The topological polar surface area (TPSA) is 59.1 Å². The molecule has 0 amide bonds. The molecule has 0 aromatic heterocycles. The Morgan fingerprint density at radius 3 is 3.00 bits per heavy atom. The van der Waals surface area contributed by atoms with Crippen LogP contribution in [-0.4, -0.2) is 17.5 Å². The van der Waals surface area contributed by atoms with Crippen molar-refractivity contribution in [3.8, 4) is 5.75 Å². The summed E-state index contributed by atoms with van der Waals surface area (Å²) in [6.07, 6.45) is 0.858. The van der Waals surface area contributed by atoms with Gasteiger partial charge in [0, 0.05) is 10.8 Å². The number of amidine groups is 1. The molecule has 0 unspecified atom stereocenters. The van der Waals surface area contributed by atoms with Gasteiger partial charge in [0.15, 0.2) is 5.17 Å². The molecule has 3 N–H and O–H groups in total. The summed E-state index contributed by atoms with van der Waals surface area (Å²) in [7, 11) is 0. The van der Waals surface area contributed by atoms with Crippen molar-refractivity contribution in [2.24, 2.45) is 5.73 Å². The maximum Gasteiger partial charge on any atom is 0.151 e. The van der Waals surface area contributed by atoms with E-state index in [2.05, 4.69) is 0 Å². The molecular weight excluding hydrogens is 232 g/mol. The highest BCUT2D eigenvalue weighted by atomic mass is 35.5. The fourth-order valence-electron chi connectivity index (χ4n) is 0.988. The quantitative estimate of drug-likeness (QED) is 0.476. The largest absolute Gasteiger partial charge is 0.494 e. The van der Waals surface area contributed by atoms with Crippen LogP contribution in [0.4, 0.5) is 0 Å². The Bertz CT molecular complexity index is 333. The van der Waals surface area contributed by atoms with E-state index >= 15 is 0 Å². The number of halogens is 1. The highest BCUT2D eigenvalue weighted by Crippen LogP contribution is 2.17. The van der Waals surface area contributed by atoms with E-state index < -0.39 is 0 Å². The molecule has 5 heteroatoms. The number of nitrogens with two attached hydrogens (primary N) is 1. The molecule has 0 spiro atoms. The molecule has 15 heavy (non-hydrogen) atoms. The summed E-state index contributed by atoms with van der Waals surface area (Å²) in [5, 5.41) is 7.83. The van der Waals surface area contributed by atoms with E-state index in [1.807, 2.05) is 12.1 Å². The second-order valence-corrected chi connectivity index (χ2v) is 4.45. The van der Waals surface area contributed by atoms with Gasteiger partial charge < -0.3 is 10.5 Å². The third-order valence-electron chi connectivity index (χ3n) is 1.61. The molecular formula is C10H13ClN2OS. The fourth-order valence-corrected chi connectivity index (χ4v) is 1.65. The van der Waals surface area contributed by atoms with Crippen molar-refractivity contribution in [3.63, 3.8) is 0 Å². The van der Waals surface area contributed by atoms with Crippen LogP contribution in [0.1, 0.15) is 6.42 Å². The van der Waals surface area contributed by atoms with Crippen molar-refractivity contribution in [2.45, 2.75) is 6.42 Å². The van der Waals surface area contributed by atoms with Gasteiger partial charge in [-0.3, -0.25) is 5.41 Å². The van der Waals surface area contributed by atoms with Gasteiger partial charge in [0.1, 0.15) is 5.75 Å². The Morgan fingerprint density at radius 2 is 2.33 bits per heavy atom. The van der Waals surface area contributed by atoms with Gasteiger partial charge in [-0.2, -0.15) is 0 Å². The second kappa shape index (κ2) is 6.58. The average Bonchev–Trinajstić information content (AvgIpc) is 2.17. The van der Waals surface area contributed by atoms with Gasteiger partial charge in [-0.15, -0.1) is 0 Å². The summed E-state index contributed by atoms with van der Waals surface area (Å²) in [6.45, 7) is 0.612. The van der Waals surface area contributed by atoms with Crippen LogP contribution >= 0.6 is 23.4 Å². The van der Waals surface area contributed by atoms with Crippen molar-refractivity contribution in [1.29, 1.82) is 5.41 Å².